The van der Waals surface area contributed by atoms with E-state index in [9.17, 15) is 4.79 Å². The highest BCUT2D eigenvalue weighted by Gasteiger charge is 2.06. The van der Waals surface area contributed by atoms with Crippen LogP contribution < -0.4 is 10.6 Å². The van der Waals surface area contributed by atoms with Crippen molar-refractivity contribution in [3.8, 4) is 0 Å². The minimum absolute atomic E-state index is 0.118. The van der Waals surface area contributed by atoms with Gasteiger partial charge in [0.2, 0.25) is 0 Å². The monoisotopic (exact) mass is 246 g/mol. The van der Waals surface area contributed by atoms with Crippen molar-refractivity contribution >= 4 is 22.8 Å². The third kappa shape index (κ3) is 2.80. The highest BCUT2D eigenvalue weighted by Crippen LogP contribution is 2.17. The van der Waals surface area contributed by atoms with Crippen molar-refractivity contribution in [1.29, 1.82) is 0 Å². The second-order valence-electron chi connectivity index (χ2n) is 4.52. The van der Waals surface area contributed by atoms with Gasteiger partial charge in [0.15, 0.2) is 0 Å². The fourth-order valence-corrected chi connectivity index (χ4v) is 1.74. The van der Waals surface area contributed by atoms with Crippen LogP contribution in [-0.2, 0) is 6.42 Å². The lowest BCUT2D eigenvalue weighted by Crippen LogP contribution is -2.34. The van der Waals surface area contributed by atoms with Gasteiger partial charge in [-0.1, -0.05) is 6.92 Å². The lowest BCUT2D eigenvalue weighted by atomic mass is 10.3. The topological polar surface area (TPSA) is 69.8 Å². The van der Waals surface area contributed by atoms with E-state index in [1.807, 2.05) is 39.0 Å². The number of carbonyl (C=O) groups is 1. The second-order valence-corrected chi connectivity index (χ2v) is 4.52. The summed E-state index contributed by atoms with van der Waals surface area (Å²) in [5.41, 5.74) is 2.61. The third-order valence-electron chi connectivity index (χ3n) is 2.54. The molecule has 18 heavy (non-hydrogen) atoms. The molecule has 1 heterocycles. The number of hydrogen-bond acceptors (Lipinski definition) is 2. The van der Waals surface area contributed by atoms with E-state index in [-0.39, 0.29) is 12.1 Å². The Kier molecular flexibility index (Phi) is 3.50. The molecule has 0 atom stereocenters. The number of fused-ring (bicyclic) bond motifs is 1. The van der Waals surface area contributed by atoms with Crippen LogP contribution in [-0.4, -0.2) is 22.0 Å². The van der Waals surface area contributed by atoms with Gasteiger partial charge in [-0.25, -0.2) is 9.78 Å². The Balaban J connectivity index is 2.16. The maximum absolute atomic E-state index is 11.6. The van der Waals surface area contributed by atoms with Crippen LogP contribution in [0.2, 0.25) is 0 Å². The van der Waals surface area contributed by atoms with Crippen molar-refractivity contribution in [3.63, 3.8) is 0 Å². The number of aromatic nitrogens is 2. The van der Waals surface area contributed by atoms with Crippen LogP contribution in [0.25, 0.3) is 11.0 Å². The number of benzene rings is 1. The normalized spacial score (nSPS) is 10.9. The number of amides is 2. The fourth-order valence-electron chi connectivity index (χ4n) is 1.74. The van der Waals surface area contributed by atoms with Crippen LogP contribution in [0.15, 0.2) is 18.2 Å². The summed E-state index contributed by atoms with van der Waals surface area (Å²) in [5.74, 6) is 0.953. The van der Waals surface area contributed by atoms with Gasteiger partial charge in [0.05, 0.1) is 11.0 Å². The largest absolute Gasteiger partial charge is 0.342 e. The molecule has 0 aliphatic rings. The average molecular weight is 246 g/mol. The van der Waals surface area contributed by atoms with Crippen LogP contribution in [0.3, 0.4) is 0 Å². The van der Waals surface area contributed by atoms with Crippen molar-refractivity contribution in [2.24, 2.45) is 0 Å². The van der Waals surface area contributed by atoms with Gasteiger partial charge in [0, 0.05) is 18.2 Å². The number of H-pyrrole nitrogens is 1. The quantitative estimate of drug-likeness (QED) is 0.779. The summed E-state index contributed by atoms with van der Waals surface area (Å²) in [5, 5.41) is 5.57. The summed E-state index contributed by atoms with van der Waals surface area (Å²) in [6.45, 7) is 5.89. The van der Waals surface area contributed by atoms with E-state index in [1.165, 1.54) is 0 Å². The summed E-state index contributed by atoms with van der Waals surface area (Å²) in [6.07, 6.45) is 0.866. The number of aryl methyl sites for hydroxylation is 1. The Hall–Kier alpha value is -2.04. The number of hydrogen-bond donors (Lipinski definition) is 3. The highest BCUT2D eigenvalue weighted by atomic mass is 16.2. The smallest absolute Gasteiger partial charge is 0.319 e. The van der Waals surface area contributed by atoms with Crippen LogP contribution in [0.5, 0.6) is 0 Å². The first-order chi connectivity index (χ1) is 8.58. The maximum atomic E-state index is 11.6. The molecule has 5 heteroatoms. The average Bonchev–Trinajstić information content (AvgIpc) is 2.69. The van der Waals surface area contributed by atoms with Crippen molar-refractivity contribution in [2.45, 2.75) is 33.2 Å². The molecule has 0 bridgehead atoms. The van der Waals surface area contributed by atoms with E-state index < -0.39 is 0 Å². The Morgan fingerprint density at radius 1 is 1.44 bits per heavy atom. The van der Waals surface area contributed by atoms with Gasteiger partial charge in [-0.3, -0.25) is 0 Å². The molecule has 0 radical (unpaired) electrons. The third-order valence-corrected chi connectivity index (χ3v) is 2.54. The molecule has 2 aromatic rings. The number of nitrogens with one attached hydrogen (secondary N) is 3. The van der Waals surface area contributed by atoms with Crippen LogP contribution in [0.1, 0.15) is 26.6 Å². The lowest BCUT2D eigenvalue weighted by Gasteiger charge is -2.09. The van der Waals surface area contributed by atoms with Gasteiger partial charge in [0.1, 0.15) is 5.82 Å². The summed E-state index contributed by atoms with van der Waals surface area (Å²) in [7, 11) is 0. The van der Waals surface area contributed by atoms with Gasteiger partial charge in [-0.2, -0.15) is 0 Å². The second kappa shape index (κ2) is 5.08. The molecule has 3 N–H and O–H groups in total. The molecule has 96 valence electrons. The molecular formula is C13H18N4O. The number of aromatic amines is 1. The summed E-state index contributed by atoms with van der Waals surface area (Å²) >= 11 is 0. The fraction of sp³-hybridized carbons (Fsp3) is 0.385. The molecule has 5 nitrogen and oxygen atoms in total. The van der Waals surface area contributed by atoms with E-state index in [1.54, 1.807) is 0 Å². The molecule has 2 amide bonds. The summed E-state index contributed by atoms with van der Waals surface area (Å²) in [6, 6.07) is 5.56. The first-order valence-electron chi connectivity index (χ1n) is 6.14. The molecule has 0 unspecified atom stereocenters. The Morgan fingerprint density at radius 2 is 2.22 bits per heavy atom. The Morgan fingerprint density at radius 3 is 2.89 bits per heavy atom. The van der Waals surface area contributed by atoms with Gasteiger partial charge in [-0.15, -0.1) is 0 Å². The van der Waals surface area contributed by atoms with Gasteiger partial charge in [-0.05, 0) is 32.0 Å². The first kappa shape index (κ1) is 12.4. The maximum Gasteiger partial charge on any atom is 0.319 e. The SMILES string of the molecule is CCc1nc2ccc(NC(=O)NC(C)C)cc2[nH]1. The minimum Gasteiger partial charge on any atom is -0.342 e. The zero-order chi connectivity index (χ0) is 13.1. The van der Waals surface area contributed by atoms with E-state index >= 15 is 0 Å². The van der Waals surface area contributed by atoms with Gasteiger partial charge >= 0.3 is 6.03 Å². The van der Waals surface area contributed by atoms with Gasteiger partial charge < -0.3 is 15.6 Å². The van der Waals surface area contributed by atoms with Crippen molar-refractivity contribution in [3.05, 3.63) is 24.0 Å². The van der Waals surface area contributed by atoms with Gasteiger partial charge in [0.25, 0.3) is 0 Å². The Bertz CT molecular complexity index is 559. The number of nitrogens with zero attached hydrogens (tertiary/aromatic N) is 1. The van der Waals surface area contributed by atoms with Crippen LogP contribution in [0, 0.1) is 0 Å². The molecule has 0 saturated carbocycles. The molecule has 0 aliphatic carbocycles. The molecular weight excluding hydrogens is 228 g/mol. The van der Waals surface area contributed by atoms with E-state index in [0.29, 0.717) is 0 Å². The van der Waals surface area contributed by atoms with Crippen LogP contribution in [0.4, 0.5) is 10.5 Å². The molecule has 0 saturated heterocycles. The molecule has 0 aliphatic heterocycles. The predicted molar refractivity (Wildman–Crippen MR) is 72.8 cm³/mol. The number of imidazole rings is 1. The Labute approximate surface area is 106 Å². The first-order valence-corrected chi connectivity index (χ1v) is 6.14. The molecule has 1 aromatic heterocycles. The molecule has 2 rings (SSSR count). The van der Waals surface area contributed by atoms with E-state index in [4.69, 9.17) is 0 Å². The van der Waals surface area contributed by atoms with E-state index in [2.05, 4.69) is 20.6 Å². The standard InChI is InChI=1S/C13H18N4O/c1-4-12-16-10-6-5-9(7-11(10)17-12)15-13(18)14-8(2)3/h5-8H,4H2,1-3H3,(H,16,17)(H2,14,15,18). The minimum atomic E-state index is -0.195. The lowest BCUT2D eigenvalue weighted by molar-refractivity contribution is 0.250. The zero-order valence-corrected chi connectivity index (χ0v) is 10.9. The molecule has 0 spiro atoms. The van der Waals surface area contributed by atoms with Crippen molar-refractivity contribution in [2.75, 3.05) is 5.32 Å². The number of urea groups is 1. The number of carbonyl (C=O) groups excluding carboxylic acids is 1. The number of anilines is 1. The molecule has 1 aromatic carbocycles. The summed E-state index contributed by atoms with van der Waals surface area (Å²) < 4.78 is 0. The van der Waals surface area contributed by atoms with Crippen molar-refractivity contribution < 1.29 is 4.79 Å². The van der Waals surface area contributed by atoms with E-state index in [0.717, 1.165) is 29.0 Å². The predicted octanol–water partition coefficient (Wildman–Crippen LogP) is 2.66. The zero-order valence-electron chi connectivity index (χ0n) is 10.9. The van der Waals surface area contributed by atoms with Crippen molar-refractivity contribution in [1.82, 2.24) is 15.3 Å². The number of rotatable bonds is 3. The summed E-state index contributed by atoms with van der Waals surface area (Å²) in [4.78, 5) is 19.2. The van der Waals surface area contributed by atoms with Crippen LogP contribution >= 0.6 is 0 Å². The highest BCUT2D eigenvalue weighted by molar-refractivity contribution is 5.92. The molecule has 0 fully saturated rings.